The summed E-state index contributed by atoms with van der Waals surface area (Å²) in [4.78, 5) is 12.8. The van der Waals surface area contributed by atoms with Gasteiger partial charge in [0.2, 0.25) is 0 Å². The lowest BCUT2D eigenvalue weighted by Crippen LogP contribution is -2.45. The monoisotopic (exact) mass is 1020 g/mol. The lowest BCUT2D eigenvalue weighted by atomic mass is 9.95. The molecule has 1 amide bonds. The Hall–Kier alpha value is -4.65. The van der Waals surface area contributed by atoms with E-state index in [2.05, 4.69) is 12.2 Å². The van der Waals surface area contributed by atoms with Crippen molar-refractivity contribution in [2.24, 2.45) is 0 Å². The molecule has 15 heteroatoms. The molecule has 4 aromatic carbocycles. The Bertz CT molecular complexity index is 2100. The number of aliphatic hydroxyl groups excluding tert-OH is 2. The zero-order valence-corrected chi connectivity index (χ0v) is 43.0. The van der Waals surface area contributed by atoms with Crippen molar-refractivity contribution in [3.8, 4) is 17.2 Å². The van der Waals surface area contributed by atoms with Crippen LogP contribution in [0.3, 0.4) is 0 Å². The molecule has 4 saturated heterocycles. The van der Waals surface area contributed by atoms with Gasteiger partial charge in [0, 0.05) is 24.0 Å². The first-order valence-corrected chi connectivity index (χ1v) is 26.4. The van der Waals surface area contributed by atoms with E-state index in [1.165, 1.54) is 0 Å². The zero-order valence-electron chi connectivity index (χ0n) is 43.0. The van der Waals surface area contributed by atoms with E-state index in [0.29, 0.717) is 67.8 Å². The van der Waals surface area contributed by atoms with Crippen molar-refractivity contribution in [1.29, 1.82) is 0 Å². The number of rotatable bonds is 20. The Morgan fingerprint density at radius 1 is 0.603 bits per heavy atom. The molecule has 12 atom stereocenters. The van der Waals surface area contributed by atoms with Crippen molar-refractivity contribution in [3.63, 3.8) is 0 Å². The second-order valence-electron chi connectivity index (χ2n) is 19.7. The Labute approximate surface area is 432 Å². The number of nitrogens with one attached hydrogen (secondary N) is 1. The lowest BCUT2D eigenvalue weighted by molar-refractivity contribution is -0.251. The zero-order chi connectivity index (χ0) is 51.8. The molecule has 15 nitrogen and oxygen atoms in total. The first-order valence-electron chi connectivity index (χ1n) is 26.4. The number of carbonyl (C=O) groups excluding carboxylic acids is 1. The van der Waals surface area contributed by atoms with E-state index in [1.807, 2.05) is 68.4 Å². The fraction of sp³-hybridized carbons (Fsp3) is 0.569. The van der Waals surface area contributed by atoms with Gasteiger partial charge in [-0.05, 0) is 146 Å². The molecule has 0 spiro atoms. The van der Waals surface area contributed by atoms with Gasteiger partial charge in [0.25, 0.3) is 5.91 Å². The first kappa shape index (κ1) is 57.6. The fourth-order valence-electron chi connectivity index (χ4n) is 9.71. The summed E-state index contributed by atoms with van der Waals surface area (Å²) in [6.07, 6.45) is 8.21. The second-order valence-corrected chi connectivity index (χ2v) is 19.7. The number of ether oxygens (including phenoxy) is 8. The van der Waals surface area contributed by atoms with Gasteiger partial charge in [0.1, 0.15) is 24.0 Å². The van der Waals surface area contributed by atoms with Crippen LogP contribution in [0.1, 0.15) is 138 Å². The smallest absolute Gasteiger partial charge is 0.251 e. The molecular weight excluding hydrogens is 935 g/mol. The molecule has 0 radical (unpaired) electrons. The molecule has 4 aromatic rings. The van der Waals surface area contributed by atoms with Crippen LogP contribution in [0.5, 0.6) is 17.2 Å². The molecule has 4 aliphatic rings. The van der Waals surface area contributed by atoms with Gasteiger partial charge in [-0.3, -0.25) is 4.79 Å². The normalized spacial score (nSPS) is 27.0. The number of phenolic OH excluding ortho intramolecular Hbond substituents is 3. The molecule has 12 unspecified atom stereocenters. The number of carbonyl (C=O) groups is 1. The molecule has 402 valence electrons. The van der Waals surface area contributed by atoms with Crippen LogP contribution < -0.4 is 5.32 Å². The summed E-state index contributed by atoms with van der Waals surface area (Å²) in [5.41, 5.74) is 2.09. The summed E-state index contributed by atoms with van der Waals surface area (Å²) in [7, 11) is 0. The van der Waals surface area contributed by atoms with Crippen molar-refractivity contribution < 1.29 is 68.2 Å². The highest BCUT2D eigenvalue weighted by Gasteiger charge is 2.35. The second kappa shape index (κ2) is 31.3. The van der Waals surface area contributed by atoms with Gasteiger partial charge in [0.15, 0.2) is 18.9 Å². The molecule has 6 N–H and O–H groups in total. The number of para-hydroxylation sites is 3. The quantitative estimate of drug-likeness (QED) is 0.0488. The van der Waals surface area contributed by atoms with Crippen molar-refractivity contribution in [3.05, 3.63) is 126 Å². The van der Waals surface area contributed by atoms with Crippen LogP contribution in [0.15, 0.2) is 109 Å². The van der Waals surface area contributed by atoms with E-state index in [9.17, 15) is 20.1 Å². The summed E-state index contributed by atoms with van der Waals surface area (Å²) in [5.74, 6) is 0.630. The molecule has 0 bridgehead atoms. The number of hydrogen-bond donors (Lipinski definition) is 6. The van der Waals surface area contributed by atoms with Crippen molar-refractivity contribution in [1.82, 2.24) is 5.32 Å². The lowest BCUT2D eigenvalue weighted by Gasteiger charge is -2.37. The van der Waals surface area contributed by atoms with Crippen molar-refractivity contribution >= 4 is 5.91 Å². The molecular formula is C58H81NO14. The third-order valence-corrected chi connectivity index (χ3v) is 13.5. The summed E-state index contributed by atoms with van der Waals surface area (Å²) in [5, 5.41) is 53.1. The highest BCUT2D eigenvalue weighted by Crippen LogP contribution is 2.38. The van der Waals surface area contributed by atoms with E-state index in [4.69, 9.17) is 48.1 Å². The average molecular weight is 1020 g/mol. The summed E-state index contributed by atoms with van der Waals surface area (Å²) in [6.45, 7) is 7.05. The third kappa shape index (κ3) is 21.2. The highest BCUT2D eigenvalue weighted by atomic mass is 16.7. The van der Waals surface area contributed by atoms with Crippen molar-refractivity contribution in [2.75, 3.05) is 19.9 Å². The van der Waals surface area contributed by atoms with Crippen LogP contribution in [0, 0.1) is 6.92 Å². The van der Waals surface area contributed by atoms with Gasteiger partial charge < -0.3 is 68.7 Å². The van der Waals surface area contributed by atoms with Crippen LogP contribution in [0.4, 0.5) is 0 Å². The molecule has 4 heterocycles. The maximum Gasteiger partial charge on any atom is 0.251 e. The number of aliphatic hydroxyl groups is 2. The fourth-order valence-corrected chi connectivity index (χ4v) is 9.71. The van der Waals surface area contributed by atoms with Gasteiger partial charge in [0.05, 0.1) is 68.1 Å². The van der Waals surface area contributed by atoms with E-state index in [1.54, 1.807) is 54.6 Å². The van der Waals surface area contributed by atoms with Crippen LogP contribution in [-0.2, 0) is 37.9 Å². The van der Waals surface area contributed by atoms with E-state index < -0.39 is 24.8 Å². The largest absolute Gasteiger partial charge is 0.508 e. The van der Waals surface area contributed by atoms with Gasteiger partial charge >= 0.3 is 0 Å². The summed E-state index contributed by atoms with van der Waals surface area (Å²) < 4.78 is 48.1. The molecule has 0 aromatic heterocycles. The molecule has 0 aliphatic carbocycles. The minimum absolute atomic E-state index is 0.0256. The first-order chi connectivity index (χ1) is 35.4. The van der Waals surface area contributed by atoms with Gasteiger partial charge in [-0.2, -0.15) is 0 Å². The SMILES string of the molecule is CC1CC(CCCC2CC(CC(O)CCCC3CC(CCCC(O)CC4CCOCO4)OC(c4ccccc4O)O3)OC(CNC(=O)c3ccccc3)O2)OC(C)O1.Cc1ccccc1O.Oc1ccccc1. The number of benzene rings is 4. The number of aromatic hydroxyl groups is 3. The summed E-state index contributed by atoms with van der Waals surface area (Å²) >= 11 is 0. The Morgan fingerprint density at radius 3 is 1.73 bits per heavy atom. The van der Waals surface area contributed by atoms with Crippen LogP contribution >= 0.6 is 0 Å². The molecule has 73 heavy (non-hydrogen) atoms. The minimum Gasteiger partial charge on any atom is -0.508 e. The predicted molar refractivity (Wildman–Crippen MR) is 276 cm³/mol. The Kier molecular flexibility index (Phi) is 24.7. The van der Waals surface area contributed by atoms with Crippen LogP contribution in [0.25, 0.3) is 0 Å². The minimum atomic E-state index is -0.702. The van der Waals surface area contributed by atoms with Crippen LogP contribution in [0.2, 0.25) is 0 Å². The predicted octanol–water partition coefficient (Wildman–Crippen LogP) is 9.90. The van der Waals surface area contributed by atoms with E-state index >= 15 is 0 Å². The van der Waals surface area contributed by atoms with Gasteiger partial charge in [-0.15, -0.1) is 0 Å². The number of phenols is 3. The third-order valence-electron chi connectivity index (χ3n) is 13.5. The number of aryl methyl sites for hydroxylation is 1. The average Bonchev–Trinajstić information content (AvgIpc) is 3.37. The number of amides is 1. The molecule has 4 fully saturated rings. The van der Waals surface area contributed by atoms with Crippen molar-refractivity contribution in [2.45, 2.75) is 191 Å². The molecule has 0 saturated carbocycles. The van der Waals surface area contributed by atoms with E-state index in [0.717, 1.165) is 63.4 Å². The molecule has 8 rings (SSSR count). The van der Waals surface area contributed by atoms with Gasteiger partial charge in [-0.1, -0.05) is 72.8 Å². The summed E-state index contributed by atoms with van der Waals surface area (Å²) in [6, 6.07) is 32.1. The number of hydrogen-bond acceptors (Lipinski definition) is 14. The highest BCUT2D eigenvalue weighted by molar-refractivity contribution is 5.94. The van der Waals surface area contributed by atoms with Crippen LogP contribution in [-0.4, -0.2) is 119 Å². The van der Waals surface area contributed by atoms with E-state index in [-0.39, 0.29) is 74.0 Å². The van der Waals surface area contributed by atoms with Gasteiger partial charge in [-0.25, -0.2) is 0 Å². The Morgan fingerprint density at radius 2 is 1.15 bits per heavy atom. The Balaban J connectivity index is 0.000000494. The topological polar surface area (TPSA) is 204 Å². The maximum atomic E-state index is 12.8. The molecule has 4 aliphatic heterocycles. The standard InChI is InChI=1S/C45H67NO12.C7H8O.C6H6O/c1-30-23-36(54-31(2)53-30)17-10-18-37-27-40(56-43(55-37)28-46-44(50)32-11-4-3-5-12-32)25-34(48)14-9-16-39-26-38(57-45(58-39)41-19-6-7-20-42(41)49)15-8-13-33(47)24-35-21-22-51-29-52-35;1-6-4-2-3-5-7(6)8;7-6-4-2-1-3-5-6/h3-7,11-12,19-20,30-31,33-40,43,45,47-49H,8-10,13-18,21-29H2,1-2H3,(H,46,50);2-5,8H,1H3;1-5,7H. The maximum absolute atomic E-state index is 12.8.